The van der Waals surface area contributed by atoms with Gasteiger partial charge in [-0.2, -0.15) is 0 Å². The Morgan fingerprint density at radius 3 is 2.89 bits per heavy atom. The van der Waals surface area contributed by atoms with Gasteiger partial charge in [0.25, 0.3) is 0 Å². The molecular formula is C14H18FN3O. The van der Waals surface area contributed by atoms with Crippen molar-refractivity contribution >= 4 is 11.1 Å². The van der Waals surface area contributed by atoms with Gasteiger partial charge in [-0.1, -0.05) is 0 Å². The van der Waals surface area contributed by atoms with Gasteiger partial charge in [-0.15, -0.1) is 0 Å². The van der Waals surface area contributed by atoms with Crippen molar-refractivity contribution in [3.8, 4) is 0 Å². The Hall–Kier alpha value is -1.46. The molecule has 102 valence electrons. The first kappa shape index (κ1) is 12.6. The summed E-state index contributed by atoms with van der Waals surface area (Å²) in [6, 6.07) is 4.47. The molecule has 0 radical (unpaired) electrons. The molecule has 3 rings (SSSR count). The molecular weight excluding hydrogens is 245 g/mol. The minimum absolute atomic E-state index is 0.273. The van der Waals surface area contributed by atoms with Crippen LogP contribution in [0.25, 0.3) is 11.1 Å². The zero-order valence-electron chi connectivity index (χ0n) is 10.8. The van der Waals surface area contributed by atoms with Crippen molar-refractivity contribution < 1.29 is 8.81 Å². The van der Waals surface area contributed by atoms with Gasteiger partial charge in [0, 0.05) is 25.1 Å². The third-order valence-corrected chi connectivity index (χ3v) is 3.75. The number of rotatable bonds is 3. The molecule has 2 N–H and O–H groups in total. The normalized spacial score (nSPS) is 18.2. The van der Waals surface area contributed by atoms with Crippen LogP contribution in [0.1, 0.15) is 24.7 Å². The Bertz CT molecular complexity index is 561. The molecule has 19 heavy (non-hydrogen) atoms. The van der Waals surface area contributed by atoms with Crippen molar-refractivity contribution in [1.29, 1.82) is 0 Å². The predicted molar refractivity (Wildman–Crippen MR) is 71.4 cm³/mol. The first-order valence-electron chi connectivity index (χ1n) is 6.74. The van der Waals surface area contributed by atoms with Gasteiger partial charge in [0.1, 0.15) is 11.3 Å². The smallest absolute Gasteiger partial charge is 0.198 e. The van der Waals surface area contributed by atoms with Crippen LogP contribution in [0.5, 0.6) is 0 Å². The largest absolute Gasteiger partial charge is 0.440 e. The van der Waals surface area contributed by atoms with E-state index in [1.165, 1.54) is 12.1 Å². The SMILES string of the molecule is NCCN1CCC(c2nc3cc(F)ccc3o2)CC1. The molecule has 1 saturated heterocycles. The van der Waals surface area contributed by atoms with E-state index in [0.29, 0.717) is 23.6 Å². The van der Waals surface area contributed by atoms with Crippen LogP contribution in [0, 0.1) is 5.82 Å². The molecule has 0 spiro atoms. The maximum Gasteiger partial charge on any atom is 0.198 e. The van der Waals surface area contributed by atoms with E-state index in [-0.39, 0.29) is 5.82 Å². The number of likely N-dealkylation sites (tertiary alicyclic amines) is 1. The first-order valence-corrected chi connectivity index (χ1v) is 6.74. The molecule has 2 heterocycles. The standard InChI is InChI=1S/C14H18FN3O/c15-11-1-2-13-12(9-11)17-14(19-13)10-3-6-18(7-4-10)8-5-16/h1-2,9-10H,3-8,16H2. The second-order valence-corrected chi connectivity index (χ2v) is 5.07. The number of oxazole rings is 1. The molecule has 4 nitrogen and oxygen atoms in total. The van der Waals surface area contributed by atoms with Gasteiger partial charge in [0.05, 0.1) is 0 Å². The monoisotopic (exact) mass is 263 g/mol. The van der Waals surface area contributed by atoms with Crippen molar-refractivity contribution in [2.24, 2.45) is 5.73 Å². The summed E-state index contributed by atoms with van der Waals surface area (Å²) in [5.41, 5.74) is 6.84. The lowest BCUT2D eigenvalue weighted by molar-refractivity contribution is 0.206. The van der Waals surface area contributed by atoms with Crippen molar-refractivity contribution in [2.45, 2.75) is 18.8 Å². The molecule has 0 amide bonds. The highest BCUT2D eigenvalue weighted by molar-refractivity contribution is 5.72. The zero-order valence-corrected chi connectivity index (χ0v) is 10.8. The van der Waals surface area contributed by atoms with Crippen LogP contribution in [-0.4, -0.2) is 36.1 Å². The summed E-state index contributed by atoms with van der Waals surface area (Å²) in [6.07, 6.45) is 2.05. The molecule has 0 aliphatic carbocycles. The molecule has 1 aromatic carbocycles. The third kappa shape index (κ3) is 2.62. The van der Waals surface area contributed by atoms with Gasteiger partial charge in [0.15, 0.2) is 11.5 Å². The number of benzene rings is 1. The van der Waals surface area contributed by atoms with Crippen LogP contribution in [0.3, 0.4) is 0 Å². The van der Waals surface area contributed by atoms with Crippen LogP contribution in [0.15, 0.2) is 22.6 Å². The Balaban J connectivity index is 1.74. The third-order valence-electron chi connectivity index (χ3n) is 3.75. The van der Waals surface area contributed by atoms with E-state index in [1.54, 1.807) is 6.07 Å². The number of nitrogens with zero attached hydrogens (tertiary/aromatic N) is 2. The highest BCUT2D eigenvalue weighted by Gasteiger charge is 2.24. The molecule has 0 atom stereocenters. The second-order valence-electron chi connectivity index (χ2n) is 5.07. The lowest BCUT2D eigenvalue weighted by atomic mass is 9.97. The van der Waals surface area contributed by atoms with Gasteiger partial charge >= 0.3 is 0 Å². The van der Waals surface area contributed by atoms with Crippen molar-refractivity contribution in [2.75, 3.05) is 26.2 Å². The fraction of sp³-hybridized carbons (Fsp3) is 0.500. The second kappa shape index (κ2) is 5.27. The average Bonchev–Trinajstić information content (AvgIpc) is 2.83. The van der Waals surface area contributed by atoms with E-state index in [4.69, 9.17) is 10.2 Å². The average molecular weight is 263 g/mol. The van der Waals surface area contributed by atoms with Gasteiger partial charge in [-0.25, -0.2) is 9.37 Å². The molecule has 1 fully saturated rings. The summed E-state index contributed by atoms with van der Waals surface area (Å²) in [4.78, 5) is 6.78. The maximum absolute atomic E-state index is 13.1. The number of piperidine rings is 1. The molecule has 2 aromatic rings. The molecule has 0 bridgehead atoms. The number of aromatic nitrogens is 1. The van der Waals surface area contributed by atoms with Crippen LogP contribution in [-0.2, 0) is 0 Å². The molecule has 0 unspecified atom stereocenters. The molecule has 1 aliphatic heterocycles. The van der Waals surface area contributed by atoms with Gasteiger partial charge in [-0.05, 0) is 38.1 Å². The van der Waals surface area contributed by atoms with Crippen molar-refractivity contribution in [1.82, 2.24) is 9.88 Å². The lowest BCUT2D eigenvalue weighted by Gasteiger charge is -2.29. The van der Waals surface area contributed by atoms with E-state index >= 15 is 0 Å². The van der Waals surface area contributed by atoms with Crippen LogP contribution >= 0.6 is 0 Å². The van der Waals surface area contributed by atoms with Gasteiger partial charge in [-0.3, -0.25) is 0 Å². The number of hydrogen-bond donors (Lipinski definition) is 1. The quantitative estimate of drug-likeness (QED) is 0.921. The Morgan fingerprint density at radius 1 is 1.37 bits per heavy atom. The molecule has 0 saturated carbocycles. The van der Waals surface area contributed by atoms with Gasteiger partial charge in [0.2, 0.25) is 0 Å². The summed E-state index contributed by atoms with van der Waals surface area (Å²) in [5, 5.41) is 0. The van der Waals surface area contributed by atoms with Crippen LogP contribution < -0.4 is 5.73 Å². The summed E-state index contributed by atoms with van der Waals surface area (Å²) in [5.74, 6) is 0.808. The summed E-state index contributed by atoms with van der Waals surface area (Å²) < 4.78 is 18.9. The number of halogens is 1. The molecule has 1 aliphatic rings. The highest BCUT2D eigenvalue weighted by Crippen LogP contribution is 2.29. The predicted octanol–water partition coefficient (Wildman–Crippen LogP) is 2.10. The Kier molecular flexibility index (Phi) is 3.48. The molecule has 5 heteroatoms. The van der Waals surface area contributed by atoms with Crippen molar-refractivity contribution in [3.05, 3.63) is 29.9 Å². The first-order chi connectivity index (χ1) is 9.26. The van der Waals surface area contributed by atoms with Gasteiger partial charge < -0.3 is 15.1 Å². The highest BCUT2D eigenvalue weighted by atomic mass is 19.1. The van der Waals surface area contributed by atoms with Crippen LogP contribution in [0.4, 0.5) is 4.39 Å². The zero-order chi connectivity index (χ0) is 13.2. The Labute approximate surface area is 111 Å². The summed E-state index contributed by atoms with van der Waals surface area (Å²) in [7, 11) is 0. The number of hydrogen-bond acceptors (Lipinski definition) is 4. The van der Waals surface area contributed by atoms with E-state index in [9.17, 15) is 4.39 Å². The van der Waals surface area contributed by atoms with Crippen molar-refractivity contribution in [3.63, 3.8) is 0 Å². The Morgan fingerprint density at radius 2 is 2.16 bits per heavy atom. The summed E-state index contributed by atoms with van der Waals surface area (Å²) >= 11 is 0. The lowest BCUT2D eigenvalue weighted by Crippen LogP contribution is -2.36. The fourth-order valence-corrected chi connectivity index (χ4v) is 2.68. The minimum Gasteiger partial charge on any atom is -0.440 e. The van der Waals surface area contributed by atoms with E-state index in [2.05, 4.69) is 9.88 Å². The van der Waals surface area contributed by atoms with Crippen LogP contribution in [0.2, 0.25) is 0 Å². The topological polar surface area (TPSA) is 55.3 Å². The fourth-order valence-electron chi connectivity index (χ4n) is 2.68. The van der Waals surface area contributed by atoms with E-state index < -0.39 is 0 Å². The molecule has 1 aromatic heterocycles. The number of fused-ring (bicyclic) bond motifs is 1. The van der Waals surface area contributed by atoms with E-state index in [0.717, 1.165) is 38.4 Å². The maximum atomic E-state index is 13.1. The number of nitrogens with two attached hydrogens (primary N) is 1. The van der Waals surface area contributed by atoms with E-state index in [1.807, 2.05) is 0 Å². The minimum atomic E-state index is -0.273. The summed E-state index contributed by atoms with van der Waals surface area (Å²) in [6.45, 7) is 3.70.